The molecule has 0 aliphatic rings. The molecule has 132 valence electrons. The average molecular weight is 354 g/mol. The first-order valence-electron chi connectivity index (χ1n) is 7.62. The van der Waals surface area contributed by atoms with Crippen LogP contribution in [0.15, 0.2) is 51.7 Å². The van der Waals surface area contributed by atoms with E-state index in [1.54, 1.807) is 19.1 Å². The summed E-state index contributed by atoms with van der Waals surface area (Å²) in [5.74, 6) is -0.207. The van der Waals surface area contributed by atoms with Gasteiger partial charge < -0.3 is 14.5 Å². The normalized spacial score (nSPS) is 10.5. The molecule has 0 saturated carbocycles. The summed E-state index contributed by atoms with van der Waals surface area (Å²) in [6.45, 7) is 1.78. The van der Waals surface area contributed by atoms with Gasteiger partial charge in [-0.25, -0.2) is 4.79 Å². The maximum atomic E-state index is 11.7. The van der Waals surface area contributed by atoms with Gasteiger partial charge in [-0.3, -0.25) is 14.9 Å². The number of fused-ring (bicyclic) bond motifs is 1. The number of hydrogen-bond donors (Lipinski definition) is 1. The van der Waals surface area contributed by atoms with Gasteiger partial charge >= 0.3 is 11.3 Å². The second-order valence-corrected chi connectivity index (χ2v) is 5.53. The third kappa shape index (κ3) is 3.25. The van der Waals surface area contributed by atoms with E-state index in [-0.39, 0.29) is 22.7 Å². The number of nitro benzene ring substituents is 1. The number of nitrogens with zero attached hydrogens (tertiary/aromatic N) is 1. The molecule has 0 aliphatic heterocycles. The minimum absolute atomic E-state index is 0.0306. The van der Waals surface area contributed by atoms with Crippen molar-refractivity contribution in [1.29, 1.82) is 0 Å². The van der Waals surface area contributed by atoms with Crippen LogP contribution in [0, 0.1) is 17.0 Å². The minimum atomic E-state index is -0.632. The summed E-state index contributed by atoms with van der Waals surface area (Å²) in [5, 5.41) is 14.5. The Bertz CT molecular complexity index is 1090. The lowest BCUT2D eigenvalue weighted by Gasteiger charge is -2.09. The Morgan fingerprint density at radius 3 is 2.65 bits per heavy atom. The van der Waals surface area contributed by atoms with Gasteiger partial charge in [0.2, 0.25) is 5.75 Å². The summed E-state index contributed by atoms with van der Waals surface area (Å²) in [6, 6.07) is 10.1. The fourth-order valence-electron chi connectivity index (χ4n) is 2.53. The van der Waals surface area contributed by atoms with Gasteiger partial charge in [-0.2, -0.15) is 0 Å². The van der Waals surface area contributed by atoms with E-state index in [9.17, 15) is 19.7 Å². The first-order valence-corrected chi connectivity index (χ1v) is 7.62. The maximum absolute atomic E-state index is 11.7. The highest BCUT2D eigenvalue weighted by Gasteiger charge is 2.19. The number of hydrogen-bond acceptors (Lipinski definition) is 6. The lowest BCUT2D eigenvalue weighted by atomic mass is 10.1. The quantitative estimate of drug-likeness (QED) is 0.437. The molecule has 0 spiro atoms. The second-order valence-electron chi connectivity index (χ2n) is 5.53. The molecule has 3 aromatic rings. The summed E-state index contributed by atoms with van der Waals surface area (Å²) in [7, 11) is 1.43. The Balaban J connectivity index is 2.03. The fraction of sp³-hybridized carbons (Fsp3) is 0.111. The third-order valence-corrected chi connectivity index (χ3v) is 3.80. The molecular formula is C18H14N2O6. The molecule has 8 heteroatoms. The van der Waals surface area contributed by atoms with E-state index >= 15 is 0 Å². The molecule has 0 saturated heterocycles. The van der Waals surface area contributed by atoms with Gasteiger partial charge in [0, 0.05) is 36.2 Å². The van der Waals surface area contributed by atoms with E-state index < -0.39 is 16.5 Å². The predicted molar refractivity (Wildman–Crippen MR) is 93.8 cm³/mol. The van der Waals surface area contributed by atoms with Crippen LogP contribution in [0.3, 0.4) is 0 Å². The van der Waals surface area contributed by atoms with Gasteiger partial charge in [-0.1, -0.05) is 0 Å². The number of carbonyl (C=O) groups is 1. The Hall–Kier alpha value is -3.68. The smallest absolute Gasteiger partial charge is 0.336 e. The zero-order chi connectivity index (χ0) is 18.8. The largest absolute Gasteiger partial charge is 0.450 e. The molecule has 26 heavy (non-hydrogen) atoms. The molecule has 1 amide bonds. The third-order valence-electron chi connectivity index (χ3n) is 3.80. The standard InChI is InChI=1S/C18H14N2O6/c1-10-7-17(21)26-16-9-12(4-5-13(10)16)25-15-6-3-11(18(22)19-2)8-14(15)20(23)24/h3-9H,1-2H3,(H,19,22). The molecule has 3 rings (SSSR count). The van der Waals surface area contributed by atoms with Crippen molar-refractivity contribution in [3.05, 3.63) is 74.1 Å². The van der Waals surface area contributed by atoms with E-state index in [4.69, 9.17) is 9.15 Å². The summed E-state index contributed by atoms with van der Waals surface area (Å²) >= 11 is 0. The highest BCUT2D eigenvalue weighted by molar-refractivity contribution is 5.95. The summed E-state index contributed by atoms with van der Waals surface area (Å²) < 4.78 is 10.7. The highest BCUT2D eigenvalue weighted by Crippen LogP contribution is 2.33. The van der Waals surface area contributed by atoms with Crippen molar-refractivity contribution in [1.82, 2.24) is 5.32 Å². The number of rotatable bonds is 4. The number of nitrogens with one attached hydrogen (secondary N) is 1. The van der Waals surface area contributed by atoms with Crippen molar-refractivity contribution in [2.75, 3.05) is 7.05 Å². The summed E-state index contributed by atoms with van der Waals surface area (Å²) in [4.78, 5) is 33.8. The van der Waals surface area contributed by atoms with Crippen LogP contribution >= 0.6 is 0 Å². The average Bonchev–Trinajstić information content (AvgIpc) is 2.60. The van der Waals surface area contributed by atoms with Gasteiger partial charge in [0.05, 0.1) is 4.92 Å². The molecule has 0 aliphatic carbocycles. The van der Waals surface area contributed by atoms with E-state index in [2.05, 4.69) is 5.32 Å². The first-order chi connectivity index (χ1) is 12.4. The van der Waals surface area contributed by atoms with Crippen molar-refractivity contribution in [2.45, 2.75) is 6.92 Å². The van der Waals surface area contributed by atoms with Crippen LogP contribution < -0.4 is 15.7 Å². The fourth-order valence-corrected chi connectivity index (χ4v) is 2.53. The molecule has 0 radical (unpaired) electrons. The van der Waals surface area contributed by atoms with Crippen LogP contribution in [0.4, 0.5) is 5.69 Å². The van der Waals surface area contributed by atoms with Crippen LogP contribution in [-0.4, -0.2) is 17.9 Å². The van der Waals surface area contributed by atoms with Gasteiger partial charge in [0.15, 0.2) is 0 Å². The van der Waals surface area contributed by atoms with Gasteiger partial charge in [0.1, 0.15) is 11.3 Å². The van der Waals surface area contributed by atoms with Gasteiger partial charge in [0.25, 0.3) is 5.91 Å². The first kappa shape index (κ1) is 17.2. The van der Waals surface area contributed by atoms with Crippen molar-refractivity contribution < 1.29 is 18.9 Å². The van der Waals surface area contributed by atoms with Crippen LogP contribution in [0.2, 0.25) is 0 Å². The van der Waals surface area contributed by atoms with E-state index in [1.807, 2.05) is 0 Å². The number of aryl methyl sites for hydroxylation is 1. The number of amides is 1. The lowest BCUT2D eigenvalue weighted by molar-refractivity contribution is -0.385. The van der Waals surface area contributed by atoms with E-state index in [1.165, 1.54) is 31.3 Å². The number of nitro groups is 1. The molecule has 0 bridgehead atoms. The Morgan fingerprint density at radius 2 is 1.96 bits per heavy atom. The Kier molecular flexibility index (Phi) is 4.40. The molecule has 8 nitrogen and oxygen atoms in total. The lowest BCUT2D eigenvalue weighted by Crippen LogP contribution is -2.17. The number of ether oxygens (including phenoxy) is 1. The van der Waals surface area contributed by atoms with Crippen molar-refractivity contribution in [2.24, 2.45) is 0 Å². The topological polar surface area (TPSA) is 112 Å². The highest BCUT2D eigenvalue weighted by atomic mass is 16.6. The SMILES string of the molecule is CNC(=O)c1ccc(Oc2ccc3c(C)cc(=O)oc3c2)c([N+](=O)[O-])c1. The predicted octanol–water partition coefficient (Wildman–Crippen LogP) is 3.16. The molecule has 1 heterocycles. The molecular weight excluding hydrogens is 340 g/mol. The van der Waals surface area contributed by atoms with E-state index in [0.717, 1.165) is 17.0 Å². The Labute approximate surface area is 147 Å². The summed E-state index contributed by atoms with van der Waals surface area (Å²) in [6.07, 6.45) is 0. The minimum Gasteiger partial charge on any atom is -0.450 e. The van der Waals surface area contributed by atoms with Crippen LogP contribution in [0.1, 0.15) is 15.9 Å². The maximum Gasteiger partial charge on any atom is 0.336 e. The molecule has 1 N–H and O–H groups in total. The van der Waals surface area contributed by atoms with Crippen LogP contribution in [-0.2, 0) is 0 Å². The van der Waals surface area contributed by atoms with E-state index in [0.29, 0.717) is 5.58 Å². The Morgan fingerprint density at radius 1 is 1.19 bits per heavy atom. The van der Waals surface area contributed by atoms with Crippen molar-refractivity contribution in [3.8, 4) is 11.5 Å². The number of benzene rings is 2. The molecule has 1 aromatic heterocycles. The van der Waals surface area contributed by atoms with Crippen LogP contribution in [0.25, 0.3) is 11.0 Å². The number of carbonyl (C=O) groups excluding carboxylic acids is 1. The van der Waals surface area contributed by atoms with Crippen molar-refractivity contribution in [3.63, 3.8) is 0 Å². The zero-order valence-corrected chi connectivity index (χ0v) is 13.9. The summed E-state index contributed by atoms with van der Waals surface area (Å²) in [5.41, 5.74) is 0.373. The molecule has 0 fully saturated rings. The monoisotopic (exact) mass is 354 g/mol. The second kappa shape index (κ2) is 6.67. The van der Waals surface area contributed by atoms with Gasteiger partial charge in [-0.15, -0.1) is 0 Å². The molecule has 2 aromatic carbocycles. The van der Waals surface area contributed by atoms with Gasteiger partial charge in [-0.05, 0) is 36.8 Å². The molecule has 0 atom stereocenters. The molecule has 0 unspecified atom stereocenters. The van der Waals surface area contributed by atoms with Crippen LogP contribution in [0.5, 0.6) is 11.5 Å². The zero-order valence-electron chi connectivity index (χ0n) is 13.9. The van der Waals surface area contributed by atoms with Crippen molar-refractivity contribution >= 4 is 22.6 Å².